The van der Waals surface area contributed by atoms with E-state index in [9.17, 15) is 8.42 Å². The van der Waals surface area contributed by atoms with Gasteiger partial charge in [-0.3, -0.25) is 0 Å². The maximum Gasteiger partial charge on any atom is 0.247 e. The first-order chi connectivity index (χ1) is 9.90. The Morgan fingerprint density at radius 2 is 2.14 bits per heavy atom. The molecular formula is C14H21ClN2O3S. The maximum absolute atomic E-state index is 12.9. The van der Waals surface area contributed by atoms with Crippen LogP contribution in [0.5, 0.6) is 5.75 Å². The maximum atomic E-state index is 12.9. The lowest BCUT2D eigenvalue weighted by molar-refractivity contribution is 0.210. The molecule has 1 aromatic carbocycles. The van der Waals surface area contributed by atoms with Crippen LogP contribution in [-0.2, 0) is 10.0 Å². The van der Waals surface area contributed by atoms with Crippen molar-refractivity contribution in [2.45, 2.75) is 30.7 Å². The van der Waals surface area contributed by atoms with E-state index in [1.807, 2.05) is 6.92 Å². The molecule has 0 radical (unpaired) electrons. The van der Waals surface area contributed by atoms with Crippen molar-refractivity contribution >= 4 is 21.6 Å². The summed E-state index contributed by atoms with van der Waals surface area (Å²) in [6.45, 7) is 2.87. The molecule has 2 rings (SSSR count). The Morgan fingerprint density at radius 1 is 1.43 bits per heavy atom. The summed E-state index contributed by atoms with van der Waals surface area (Å²) in [4.78, 5) is 0.152. The Balaban J connectivity index is 2.41. The molecule has 1 heterocycles. The van der Waals surface area contributed by atoms with Crippen molar-refractivity contribution in [1.29, 1.82) is 0 Å². The van der Waals surface area contributed by atoms with Gasteiger partial charge in [0.15, 0.2) is 0 Å². The highest BCUT2D eigenvalue weighted by Crippen LogP contribution is 2.33. The normalized spacial score (nSPS) is 24.0. The number of ether oxygens (including phenoxy) is 1. The van der Waals surface area contributed by atoms with Gasteiger partial charge < -0.3 is 10.5 Å². The zero-order valence-electron chi connectivity index (χ0n) is 12.3. The van der Waals surface area contributed by atoms with Gasteiger partial charge in [0, 0.05) is 23.7 Å². The van der Waals surface area contributed by atoms with Crippen LogP contribution in [0.3, 0.4) is 0 Å². The van der Waals surface area contributed by atoms with Crippen LogP contribution in [0.15, 0.2) is 23.1 Å². The van der Waals surface area contributed by atoms with E-state index in [1.54, 1.807) is 6.07 Å². The van der Waals surface area contributed by atoms with E-state index < -0.39 is 10.0 Å². The van der Waals surface area contributed by atoms with Crippen LogP contribution in [0, 0.1) is 5.92 Å². The molecule has 0 aromatic heterocycles. The largest absolute Gasteiger partial charge is 0.495 e. The van der Waals surface area contributed by atoms with E-state index in [-0.39, 0.29) is 22.6 Å². The molecule has 0 bridgehead atoms. The summed E-state index contributed by atoms with van der Waals surface area (Å²) in [5, 5.41) is 0.442. The van der Waals surface area contributed by atoms with Crippen molar-refractivity contribution in [2.24, 2.45) is 11.7 Å². The predicted octanol–water partition coefficient (Wildman–Crippen LogP) is 2.10. The molecule has 1 aliphatic heterocycles. The van der Waals surface area contributed by atoms with Gasteiger partial charge in [-0.1, -0.05) is 11.6 Å². The molecule has 2 atom stereocenters. The topological polar surface area (TPSA) is 72.6 Å². The first-order valence-corrected chi connectivity index (χ1v) is 8.77. The quantitative estimate of drug-likeness (QED) is 0.916. The van der Waals surface area contributed by atoms with Crippen molar-refractivity contribution in [2.75, 3.05) is 20.2 Å². The average Bonchev–Trinajstić information content (AvgIpc) is 2.47. The number of nitrogens with zero attached hydrogens (tertiary/aromatic N) is 1. The van der Waals surface area contributed by atoms with Crippen molar-refractivity contribution < 1.29 is 13.2 Å². The molecule has 2 unspecified atom stereocenters. The number of piperidine rings is 1. The molecule has 1 aromatic rings. The summed E-state index contributed by atoms with van der Waals surface area (Å²) in [5.74, 6) is 0.471. The number of benzene rings is 1. The fourth-order valence-corrected chi connectivity index (χ4v) is 4.69. The molecule has 0 spiro atoms. The lowest BCUT2D eigenvalue weighted by Gasteiger charge is -2.36. The van der Waals surface area contributed by atoms with Crippen LogP contribution in [0.2, 0.25) is 5.02 Å². The molecule has 5 nitrogen and oxygen atoms in total. The molecule has 0 aliphatic carbocycles. The van der Waals surface area contributed by atoms with Crippen LogP contribution < -0.4 is 10.5 Å². The van der Waals surface area contributed by atoms with Crippen molar-refractivity contribution in [3.05, 3.63) is 23.2 Å². The summed E-state index contributed by atoms with van der Waals surface area (Å²) < 4.78 is 32.5. The van der Waals surface area contributed by atoms with Crippen LogP contribution in [0.4, 0.5) is 0 Å². The number of hydrogen-bond acceptors (Lipinski definition) is 4. The third kappa shape index (κ3) is 3.34. The molecule has 118 valence electrons. The second-order valence-electron chi connectivity index (χ2n) is 5.40. The summed E-state index contributed by atoms with van der Waals surface area (Å²) in [6.07, 6.45) is 1.78. The SMILES string of the molecule is COc1cc(Cl)ccc1S(=O)(=O)N1CC(CN)CCC1C. The number of rotatable bonds is 4. The molecule has 2 N–H and O–H groups in total. The number of sulfonamides is 1. The van der Waals surface area contributed by atoms with Crippen LogP contribution in [0.1, 0.15) is 19.8 Å². The van der Waals surface area contributed by atoms with Gasteiger partial charge in [0.05, 0.1) is 7.11 Å². The first kappa shape index (κ1) is 16.5. The zero-order valence-corrected chi connectivity index (χ0v) is 13.8. The monoisotopic (exact) mass is 332 g/mol. The van der Waals surface area contributed by atoms with Gasteiger partial charge in [-0.15, -0.1) is 0 Å². The zero-order chi connectivity index (χ0) is 15.6. The summed E-state index contributed by atoms with van der Waals surface area (Å²) in [5.41, 5.74) is 5.71. The average molecular weight is 333 g/mol. The van der Waals surface area contributed by atoms with Gasteiger partial charge in [0.2, 0.25) is 10.0 Å². The minimum atomic E-state index is -3.62. The van der Waals surface area contributed by atoms with Gasteiger partial charge in [-0.2, -0.15) is 4.31 Å². The third-order valence-corrected chi connectivity index (χ3v) is 6.22. The van der Waals surface area contributed by atoms with Gasteiger partial charge >= 0.3 is 0 Å². The standard InChI is InChI=1S/C14H21ClN2O3S/c1-10-3-4-11(8-16)9-17(10)21(18,19)14-6-5-12(15)7-13(14)20-2/h5-7,10-11H,3-4,8-9,16H2,1-2H3. The Hall–Kier alpha value is -0.820. The minimum Gasteiger partial charge on any atom is -0.495 e. The number of methoxy groups -OCH3 is 1. The highest BCUT2D eigenvalue weighted by atomic mass is 35.5. The summed E-state index contributed by atoms with van der Waals surface area (Å²) >= 11 is 5.90. The minimum absolute atomic E-state index is 0.0433. The van der Waals surface area contributed by atoms with Crippen LogP contribution in [0.25, 0.3) is 0 Å². The molecule has 7 heteroatoms. The Bertz CT molecular complexity index is 606. The first-order valence-electron chi connectivity index (χ1n) is 6.95. The number of halogens is 1. The Kier molecular flexibility index (Phi) is 5.14. The molecule has 1 fully saturated rings. The fraction of sp³-hybridized carbons (Fsp3) is 0.571. The van der Waals surface area contributed by atoms with Crippen LogP contribution >= 0.6 is 11.6 Å². The van der Waals surface area contributed by atoms with E-state index >= 15 is 0 Å². The molecular weight excluding hydrogens is 312 g/mol. The van der Waals surface area contributed by atoms with E-state index in [1.165, 1.54) is 23.5 Å². The smallest absolute Gasteiger partial charge is 0.247 e. The van der Waals surface area contributed by atoms with Crippen molar-refractivity contribution in [1.82, 2.24) is 4.31 Å². The van der Waals surface area contributed by atoms with Gasteiger partial charge in [0.25, 0.3) is 0 Å². The predicted molar refractivity (Wildman–Crippen MR) is 83.1 cm³/mol. The molecule has 21 heavy (non-hydrogen) atoms. The second kappa shape index (κ2) is 6.52. The molecule has 0 saturated carbocycles. The van der Waals surface area contributed by atoms with Crippen molar-refractivity contribution in [3.63, 3.8) is 0 Å². The van der Waals surface area contributed by atoms with E-state index in [0.717, 1.165) is 12.8 Å². The highest BCUT2D eigenvalue weighted by molar-refractivity contribution is 7.89. The van der Waals surface area contributed by atoms with Gasteiger partial charge in [-0.25, -0.2) is 8.42 Å². The van der Waals surface area contributed by atoms with E-state index in [2.05, 4.69) is 0 Å². The lowest BCUT2D eigenvalue weighted by atomic mass is 9.96. The highest BCUT2D eigenvalue weighted by Gasteiger charge is 2.36. The lowest BCUT2D eigenvalue weighted by Crippen LogP contribution is -2.47. The fourth-order valence-electron chi connectivity index (χ4n) is 2.65. The molecule has 1 saturated heterocycles. The third-order valence-electron chi connectivity index (χ3n) is 3.97. The number of hydrogen-bond donors (Lipinski definition) is 1. The van der Waals surface area contributed by atoms with Gasteiger partial charge in [0.1, 0.15) is 10.6 Å². The number of nitrogens with two attached hydrogens (primary N) is 1. The Labute approximate surface area is 131 Å². The molecule has 1 aliphatic rings. The summed E-state index contributed by atoms with van der Waals surface area (Å²) in [6, 6.07) is 4.53. The second-order valence-corrected chi connectivity index (χ2v) is 7.69. The van der Waals surface area contributed by atoms with Crippen LogP contribution in [-0.4, -0.2) is 39.0 Å². The van der Waals surface area contributed by atoms with E-state index in [4.69, 9.17) is 22.1 Å². The van der Waals surface area contributed by atoms with Crippen molar-refractivity contribution in [3.8, 4) is 5.75 Å². The molecule has 0 amide bonds. The van der Waals surface area contributed by atoms with E-state index in [0.29, 0.717) is 18.1 Å². The van der Waals surface area contributed by atoms with Gasteiger partial charge in [-0.05, 0) is 44.4 Å². The summed E-state index contributed by atoms with van der Waals surface area (Å²) in [7, 11) is -2.18. The Morgan fingerprint density at radius 3 is 2.76 bits per heavy atom.